The molecule has 1 unspecified atom stereocenters. The Morgan fingerprint density at radius 3 is 2.76 bits per heavy atom. The number of rotatable bonds is 7. The zero-order chi connectivity index (χ0) is 15.4. The van der Waals surface area contributed by atoms with Crippen molar-refractivity contribution in [1.82, 2.24) is 15.5 Å². The lowest BCUT2D eigenvalue weighted by molar-refractivity contribution is -0.120. The van der Waals surface area contributed by atoms with Gasteiger partial charge in [0.2, 0.25) is 16.9 Å². The fraction of sp³-hybridized carbons (Fsp3) is 0.692. The van der Waals surface area contributed by atoms with Crippen LogP contribution in [-0.2, 0) is 9.59 Å². The van der Waals surface area contributed by atoms with E-state index in [0.717, 1.165) is 23.6 Å². The Bertz CT molecular complexity index is 516. The number of hydrogen-bond acceptors (Lipinski definition) is 6. The number of nitrogens with zero attached hydrogens (tertiary/aromatic N) is 3. The molecular weight excluding hydrogens is 308 g/mol. The first-order chi connectivity index (χ1) is 10.0. The Morgan fingerprint density at radius 2 is 2.19 bits per heavy atom. The van der Waals surface area contributed by atoms with Gasteiger partial charge in [0.15, 0.2) is 4.34 Å². The summed E-state index contributed by atoms with van der Waals surface area (Å²) in [6.07, 6.45) is 2.97. The summed E-state index contributed by atoms with van der Waals surface area (Å²) >= 11 is 2.75. The molecule has 1 N–H and O–H groups in total. The number of carbonyl (C=O) groups excluding carboxylic acids is 2. The molecule has 0 spiro atoms. The van der Waals surface area contributed by atoms with E-state index < -0.39 is 0 Å². The van der Waals surface area contributed by atoms with Crippen LogP contribution in [0.1, 0.15) is 40.0 Å². The molecule has 1 aromatic heterocycles. The van der Waals surface area contributed by atoms with E-state index >= 15 is 0 Å². The molecule has 1 fully saturated rings. The van der Waals surface area contributed by atoms with Crippen molar-refractivity contribution in [2.45, 2.75) is 55.7 Å². The normalized spacial score (nSPS) is 15.6. The largest absolute Gasteiger partial charge is 0.355 e. The van der Waals surface area contributed by atoms with Gasteiger partial charge >= 0.3 is 0 Å². The highest BCUT2D eigenvalue weighted by Gasteiger charge is 2.34. The highest BCUT2D eigenvalue weighted by molar-refractivity contribution is 8.02. The molecule has 0 bridgehead atoms. The van der Waals surface area contributed by atoms with Crippen LogP contribution in [0.5, 0.6) is 0 Å². The number of nitrogens with one attached hydrogen (secondary N) is 1. The van der Waals surface area contributed by atoms with Crippen LogP contribution in [-0.4, -0.2) is 39.8 Å². The summed E-state index contributed by atoms with van der Waals surface area (Å²) in [4.78, 5) is 25.2. The Labute approximate surface area is 132 Å². The molecule has 1 atom stereocenters. The fourth-order valence-electron chi connectivity index (χ4n) is 1.82. The van der Waals surface area contributed by atoms with Crippen molar-refractivity contribution in [3.8, 4) is 0 Å². The highest BCUT2D eigenvalue weighted by Crippen LogP contribution is 2.36. The van der Waals surface area contributed by atoms with Gasteiger partial charge in [0.05, 0.1) is 5.25 Å². The van der Waals surface area contributed by atoms with Crippen molar-refractivity contribution in [3.05, 3.63) is 0 Å². The average molecular weight is 328 g/mol. The van der Waals surface area contributed by atoms with Crippen LogP contribution in [0.4, 0.5) is 5.13 Å². The molecular formula is C13H20N4O2S2. The van der Waals surface area contributed by atoms with E-state index in [0.29, 0.717) is 11.7 Å². The first kappa shape index (κ1) is 16.2. The maximum atomic E-state index is 11.8. The Morgan fingerprint density at radius 1 is 1.48 bits per heavy atom. The second-order valence-electron chi connectivity index (χ2n) is 5.02. The molecule has 0 radical (unpaired) electrons. The molecule has 2 rings (SSSR count). The summed E-state index contributed by atoms with van der Waals surface area (Å²) < 4.78 is 0.719. The van der Waals surface area contributed by atoms with Crippen LogP contribution < -0.4 is 10.2 Å². The van der Waals surface area contributed by atoms with Crippen LogP contribution >= 0.6 is 23.1 Å². The zero-order valence-electron chi connectivity index (χ0n) is 12.5. The molecule has 1 heterocycles. The molecule has 0 saturated heterocycles. The molecule has 2 amide bonds. The first-order valence-corrected chi connectivity index (χ1v) is 8.80. The number of amides is 2. The SMILES string of the molecule is CCCNC(=O)C(C)Sc1nnc(N(C(C)=O)C2CC2)s1. The topological polar surface area (TPSA) is 75.2 Å². The lowest BCUT2D eigenvalue weighted by Crippen LogP contribution is -2.31. The third kappa shape index (κ3) is 4.41. The molecule has 8 heteroatoms. The monoisotopic (exact) mass is 328 g/mol. The standard InChI is InChI=1S/C13H20N4O2S2/c1-4-7-14-11(19)8(2)20-13-16-15-12(21-13)17(9(3)18)10-5-6-10/h8,10H,4-7H2,1-3H3,(H,14,19). The minimum Gasteiger partial charge on any atom is -0.355 e. The zero-order valence-corrected chi connectivity index (χ0v) is 14.1. The molecule has 1 aromatic rings. The molecule has 1 saturated carbocycles. The molecule has 21 heavy (non-hydrogen) atoms. The van der Waals surface area contributed by atoms with Gasteiger partial charge in [-0.1, -0.05) is 30.0 Å². The van der Waals surface area contributed by atoms with E-state index in [2.05, 4.69) is 15.5 Å². The van der Waals surface area contributed by atoms with Gasteiger partial charge < -0.3 is 5.32 Å². The molecule has 1 aliphatic carbocycles. The van der Waals surface area contributed by atoms with Gasteiger partial charge in [0.1, 0.15) is 0 Å². The molecule has 1 aliphatic rings. The van der Waals surface area contributed by atoms with Crippen LogP contribution in [0, 0.1) is 0 Å². The average Bonchev–Trinajstić information content (AvgIpc) is 3.16. The number of thioether (sulfide) groups is 1. The predicted molar refractivity (Wildman–Crippen MR) is 84.7 cm³/mol. The molecule has 0 aliphatic heterocycles. The Balaban J connectivity index is 1.96. The van der Waals surface area contributed by atoms with E-state index in [9.17, 15) is 9.59 Å². The van der Waals surface area contributed by atoms with Crippen molar-refractivity contribution in [3.63, 3.8) is 0 Å². The minimum absolute atomic E-state index is 0.000984. The summed E-state index contributed by atoms with van der Waals surface area (Å²) in [5.74, 6) is 0.00292. The molecule has 116 valence electrons. The highest BCUT2D eigenvalue weighted by atomic mass is 32.2. The summed E-state index contributed by atoms with van der Waals surface area (Å²) in [6, 6.07) is 0.276. The number of aromatic nitrogens is 2. The fourth-order valence-corrected chi connectivity index (χ4v) is 3.95. The Hall–Kier alpha value is -1.15. The van der Waals surface area contributed by atoms with Crippen LogP contribution in [0.25, 0.3) is 0 Å². The van der Waals surface area contributed by atoms with Crippen molar-refractivity contribution in [2.24, 2.45) is 0 Å². The predicted octanol–water partition coefficient (Wildman–Crippen LogP) is 2.06. The second kappa shape index (κ2) is 7.22. The van der Waals surface area contributed by atoms with Gasteiger partial charge in [0.25, 0.3) is 0 Å². The van der Waals surface area contributed by atoms with Gasteiger partial charge in [-0.3, -0.25) is 14.5 Å². The Kier molecular flexibility index (Phi) is 5.58. The van der Waals surface area contributed by atoms with Gasteiger partial charge in [0, 0.05) is 19.5 Å². The van der Waals surface area contributed by atoms with Gasteiger partial charge in [-0.25, -0.2) is 0 Å². The quantitative estimate of drug-likeness (QED) is 0.612. The molecule has 6 nitrogen and oxygen atoms in total. The number of hydrogen-bond donors (Lipinski definition) is 1. The van der Waals surface area contributed by atoms with E-state index in [-0.39, 0.29) is 23.1 Å². The van der Waals surface area contributed by atoms with Crippen LogP contribution in [0.15, 0.2) is 4.34 Å². The summed E-state index contributed by atoms with van der Waals surface area (Å²) in [5, 5.41) is 11.5. The van der Waals surface area contributed by atoms with Crippen LogP contribution in [0.2, 0.25) is 0 Å². The number of anilines is 1. The van der Waals surface area contributed by atoms with Crippen molar-refractivity contribution in [1.29, 1.82) is 0 Å². The van der Waals surface area contributed by atoms with E-state index in [1.807, 2.05) is 13.8 Å². The van der Waals surface area contributed by atoms with E-state index in [4.69, 9.17) is 0 Å². The van der Waals surface area contributed by atoms with Crippen molar-refractivity contribution >= 4 is 40.0 Å². The first-order valence-electron chi connectivity index (χ1n) is 7.10. The summed E-state index contributed by atoms with van der Waals surface area (Å²) in [6.45, 7) is 6.10. The summed E-state index contributed by atoms with van der Waals surface area (Å²) in [7, 11) is 0. The maximum absolute atomic E-state index is 11.8. The lowest BCUT2D eigenvalue weighted by Gasteiger charge is -2.15. The summed E-state index contributed by atoms with van der Waals surface area (Å²) in [5.41, 5.74) is 0. The van der Waals surface area contributed by atoms with Gasteiger partial charge in [-0.2, -0.15) is 0 Å². The van der Waals surface area contributed by atoms with E-state index in [1.165, 1.54) is 23.1 Å². The second-order valence-corrected chi connectivity index (χ2v) is 7.57. The third-order valence-electron chi connectivity index (χ3n) is 3.05. The van der Waals surface area contributed by atoms with Crippen molar-refractivity contribution in [2.75, 3.05) is 11.4 Å². The van der Waals surface area contributed by atoms with Gasteiger partial charge in [-0.15, -0.1) is 10.2 Å². The number of carbonyl (C=O) groups is 2. The maximum Gasteiger partial charge on any atom is 0.233 e. The third-order valence-corrected chi connectivity index (χ3v) is 5.16. The minimum atomic E-state index is -0.218. The van der Waals surface area contributed by atoms with E-state index in [1.54, 1.807) is 11.8 Å². The lowest BCUT2D eigenvalue weighted by atomic mass is 10.4. The van der Waals surface area contributed by atoms with Crippen LogP contribution in [0.3, 0.4) is 0 Å². The van der Waals surface area contributed by atoms with Gasteiger partial charge in [-0.05, 0) is 26.2 Å². The van der Waals surface area contributed by atoms with Crippen molar-refractivity contribution < 1.29 is 9.59 Å². The smallest absolute Gasteiger partial charge is 0.233 e. The molecule has 0 aromatic carbocycles.